The first-order chi connectivity index (χ1) is 11.5. The molecule has 0 bridgehead atoms. The molecule has 5 heteroatoms. The Bertz CT molecular complexity index is 742. The molecule has 4 nitrogen and oxygen atoms in total. The van der Waals surface area contributed by atoms with E-state index in [0.717, 1.165) is 38.8 Å². The number of nitrogens with two attached hydrogens (primary N) is 1. The Morgan fingerprint density at radius 2 is 1.96 bits per heavy atom. The number of hydrogen-bond acceptors (Lipinski definition) is 4. The molecule has 2 aromatic rings. The fourth-order valence-corrected chi connectivity index (χ4v) is 2.65. The van der Waals surface area contributed by atoms with Crippen LogP contribution < -0.4 is 15.3 Å². The van der Waals surface area contributed by atoms with Crippen molar-refractivity contribution in [3.8, 4) is 11.5 Å². The van der Waals surface area contributed by atoms with Crippen LogP contribution in [0.4, 0.5) is 0 Å². The van der Waals surface area contributed by atoms with Gasteiger partial charge < -0.3 is 15.3 Å². The highest BCUT2D eigenvalue weighted by Crippen LogP contribution is 2.33. The van der Waals surface area contributed by atoms with E-state index in [9.17, 15) is 0 Å². The van der Waals surface area contributed by atoms with E-state index in [0.29, 0.717) is 12.5 Å². The second-order valence-corrected chi connectivity index (χ2v) is 6.34. The number of aryl methyl sites for hydroxylation is 1. The molecule has 2 rings (SSSR count). The third-order valence-electron chi connectivity index (χ3n) is 3.82. The van der Waals surface area contributed by atoms with Crippen LogP contribution in [0.3, 0.4) is 0 Å². The summed E-state index contributed by atoms with van der Waals surface area (Å²) in [6.07, 6.45) is 1.59. The Labute approximate surface area is 148 Å². The zero-order chi connectivity index (χ0) is 17.7. The van der Waals surface area contributed by atoms with E-state index in [1.54, 1.807) is 13.3 Å². The fraction of sp³-hybridized carbons (Fsp3) is 0.316. The molecule has 0 aliphatic heterocycles. The number of benzene rings is 2. The van der Waals surface area contributed by atoms with Gasteiger partial charge in [-0.3, -0.25) is 0 Å². The number of hydrogen-bond donors (Lipinski definition) is 1. The van der Waals surface area contributed by atoms with Gasteiger partial charge in [-0.25, -0.2) is 0 Å². The standard InChI is InChI=1S/C19H23ClN2O2/c1-12(2)16-9-17(20)13(3)7-19(16)24-11-15-8-14(10-22-21)5-6-18(15)23-4/h5-10,12H,11,21H2,1-4H3. The summed E-state index contributed by atoms with van der Waals surface area (Å²) in [7, 11) is 1.64. The van der Waals surface area contributed by atoms with Crippen LogP contribution in [0, 0.1) is 6.92 Å². The van der Waals surface area contributed by atoms with Crippen molar-refractivity contribution in [3.05, 3.63) is 57.6 Å². The maximum absolute atomic E-state index is 6.25. The highest BCUT2D eigenvalue weighted by atomic mass is 35.5. The number of hydrazone groups is 1. The monoisotopic (exact) mass is 346 g/mol. The zero-order valence-electron chi connectivity index (χ0n) is 14.5. The Hall–Kier alpha value is -2.20. The van der Waals surface area contributed by atoms with E-state index in [4.69, 9.17) is 26.9 Å². The highest BCUT2D eigenvalue weighted by Gasteiger charge is 2.12. The Balaban J connectivity index is 2.30. The van der Waals surface area contributed by atoms with Crippen LogP contribution in [-0.4, -0.2) is 13.3 Å². The molecule has 0 atom stereocenters. The molecule has 0 radical (unpaired) electrons. The molecule has 0 aliphatic carbocycles. The average molecular weight is 347 g/mol. The van der Waals surface area contributed by atoms with E-state index in [1.165, 1.54) is 0 Å². The van der Waals surface area contributed by atoms with Crippen LogP contribution in [0.5, 0.6) is 11.5 Å². The maximum Gasteiger partial charge on any atom is 0.125 e. The quantitative estimate of drug-likeness (QED) is 0.470. The van der Waals surface area contributed by atoms with Crippen molar-refractivity contribution >= 4 is 17.8 Å². The third-order valence-corrected chi connectivity index (χ3v) is 4.23. The first kappa shape index (κ1) is 18.1. The second kappa shape index (κ2) is 8.06. The third kappa shape index (κ3) is 4.20. The molecular weight excluding hydrogens is 324 g/mol. The van der Waals surface area contributed by atoms with E-state index in [-0.39, 0.29) is 0 Å². The highest BCUT2D eigenvalue weighted by molar-refractivity contribution is 6.31. The predicted molar refractivity (Wildman–Crippen MR) is 99.4 cm³/mol. The maximum atomic E-state index is 6.25. The summed E-state index contributed by atoms with van der Waals surface area (Å²) in [6.45, 7) is 6.59. The number of rotatable bonds is 6. The summed E-state index contributed by atoms with van der Waals surface area (Å²) in [4.78, 5) is 0. The van der Waals surface area contributed by atoms with Crippen molar-refractivity contribution < 1.29 is 9.47 Å². The summed E-state index contributed by atoms with van der Waals surface area (Å²) in [5.74, 6) is 7.14. The first-order valence-corrected chi connectivity index (χ1v) is 8.17. The van der Waals surface area contributed by atoms with Gasteiger partial charge in [0.05, 0.1) is 13.3 Å². The summed E-state index contributed by atoms with van der Waals surface area (Å²) in [5, 5.41) is 4.31. The summed E-state index contributed by atoms with van der Waals surface area (Å²) in [5.41, 5.74) is 3.90. The Morgan fingerprint density at radius 3 is 2.58 bits per heavy atom. The van der Waals surface area contributed by atoms with Crippen LogP contribution in [0.1, 0.15) is 42.0 Å². The van der Waals surface area contributed by atoms with Crippen molar-refractivity contribution in [1.82, 2.24) is 0 Å². The van der Waals surface area contributed by atoms with Gasteiger partial charge in [0, 0.05) is 10.6 Å². The normalized spacial score (nSPS) is 11.2. The summed E-state index contributed by atoms with van der Waals surface area (Å²) >= 11 is 6.25. The topological polar surface area (TPSA) is 56.8 Å². The van der Waals surface area contributed by atoms with Gasteiger partial charge >= 0.3 is 0 Å². The SMILES string of the molecule is COc1ccc(C=NN)cc1COc1cc(C)c(Cl)cc1C(C)C. The Morgan fingerprint density at radius 1 is 1.21 bits per heavy atom. The van der Waals surface area contributed by atoms with Crippen LogP contribution in [0.25, 0.3) is 0 Å². The molecular formula is C19H23ClN2O2. The molecule has 128 valence electrons. The van der Waals surface area contributed by atoms with Crippen molar-refractivity contribution in [2.24, 2.45) is 10.9 Å². The van der Waals surface area contributed by atoms with Crippen LogP contribution in [0.15, 0.2) is 35.4 Å². The molecule has 0 heterocycles. The van der Waals surface area contributed by atoms with Crippen molar-refractivity contribution in [1.29, 1.82) is 0 Å². The van der Waals surface area contributed by atoms with E-state index < -0.39 is 0 Å². The first-order valence-electron chi connectivity index (χ1n) is 7.79. The molecule has 0 saturated carbocycles. The van der Waals surface area contributed by atoms with E-state index >= 15 is 0 Å². The lowest BCUT2D eigenvalue weighted by molar-refractivity contribution is 0.292. The van der Waals surface area contributed by atoms with Crippen molar-refractivity contribution in [3.63, 3.8) is 0 Å². The molecule has 0 unspecified atom stereocenters. The predicted octanol–water partition coefficient (Wildman–Crippen LogP) is 4.65. The van der Waals surface area contributed by atoms with Gasteiger partial charge in [-0.15, -0.1) is 0 Å². The van der Waals surface area contributed by atoms with Gasteiger partial charge in [0.15, 0.2) is 0 Å². The van der Waals surface area contributed by atoms with Gasteiger partial charge in [0.2, 0.25) is 0 Å². The minimum absolute atomic E-state index is 0.315. The smallest absolute Gasteiger partial charge is 0.125 e. The molecule has 2 aromatic carbocycles. The van der Waals surface area contributed by atoms with Gasteiger partial charge in [0.25, 0.3) is 0 Å². The minimum Gasteiger partial charge on any atom is -0.496 e. The lowest BCUT2D eigenvalue weighted by Gasteiger charge is -2.17. The van der Waals surface area contributed by atoms with Gasteiger partial charge in [-0.05, 0) is 59.9 Å². The largest absolute Gasteiger partial charge is 0.496 e. The van der Waals surface area contributed by atoms with E-state index in [2.05, 4.69) is 18.9 Å². The zero-order valence-corrected chi connectivity index (χ0v) is 15.2. The fourth-order valence-electron chi connectivity index (χ4n) is 2.48. The molecule has 0 spiro atoms. The van der Waals surface area contributed by atoms with Crippen molar-refractivity contribution in [2.75, 3.05) is 7.11 Å². The number of methoxy groups -OCH3 is 1. The number of halogens is 1. The summed E-state index contributed by atoms with van der Waals surface area (Å²) < 4.78 is 11.5. The van der Waals surface area contributed by atoms with Gasteiger partial charge in [-0.1, -0.05) is 25.4 Å². The molecule has 0 amide bonds. The summed E-state index contributed by atoms with van der Waals surface area (Å²) in [6, 6.07) is 9.69. The molecule has 24 heavy (non-hydrogen) atoms. The Kier molecular flexibility index (Phi) is 6.10. The molecule has 2 N–H and O–H groups in total. The van der Waals surface area contributed by atoms with Gasteiger partial charge in [0.1, 0.15) is 18.1 Å². The average Bonchev–Trinajstić information content (AvgIpc) is 2.55. The number of ether oxygens (including phenoxy) is 2. The van der Waals surface area contributed by atoms with Gasteiger partial charge in [-0.2, -0.15) is 5.10 Å². The minimum atomic E-state index is 0.315. The lowest BCUT2D eigenvalue weighted by Crippen LogP contribution is -2.03. The molecule has 0 aromatic heterocycles. The number of nitrogens with zero attached hydrogens (tertiary/aromatic N) is 1. The van der Waals surface area contributed by atoms with Crippen LogP contribution in [0.2, 0.25) is 5.02 Å². The molecule has 0 aliphatic rings. The molecule has 0 fully saturated rings. The second-order valence-electron chi connectivity index (χ2n) is 5.93. The van der Waals surface area contributed by atoms with Crippen LogP contribution >= 0.6 is 11.6 Å². The van der Waals surface area contributed by atoms with Crippen molar-refractivity contribution in [2.45, 2.75) is 33.3 Å². The molecule has 0 saturated heterocycles. The van der Waals surface area contributed by atoms with Crippen LogP contribution in [-0.2, 0) is 6.61 Å². The van der Waals surface area contributed by atoms with E-state index in [1.807, 2.05) is 37.3 Å². The lowest BCUT2D eigenvalue weighted by atomic mass is 10.0.